The molecule has 0 spiro atoms. The highest BCUT2D eigenvalue weighted by Gasteiger charge is 2.07. The van der Waals surface area contributed by atoms with Gasteiger partial charge < -0.3 is 15.8 Å². The molecule has 3 rings (SSSR count). The van der Waals surface area contributed by atoms with Gasteiger partial charge in [-0.05, 0) is 12.1 Å². The van der Waals surface area contributed by atoms with Gasteiger partial charge in [0, 0.05) is 11.6 Å². The van der Waals surface area contributed by atoms with E-state index in [1.807, 2.05) is 30.3 Å². The van der Waals surface area contributed by atoms with Crippen LogP contribution in [0.3, 0.4) is 0 Å². The molecular formula is C13H12N6O. The maximum Gasteiger partial charge on any atom is 0.322 e. The highest BCUT2D eigenvalue weighted by Crippen LogP contribution is 2.23. The van der Waals surface area contributed by atoms with Gasteiger partial charge in [0.15, 0.2) is 0 Å². The summed E-state index contributed by atoms with van der Waals surface area (Å²) in [6.07, 6.45) is 1.73. The van der Waals surface area contributed by atoms with Gasteiger partial charge in [-0.3, -0.25) is 4.98 Å². The molecule has 2 heterocycles. The number of para-hydroxylation sites is 1. The summed E-state index contributed by atoms with van der Waals surface area (Å²) >= 11 is 0. The molecule has 0 bridgehead atoms. The molecule has 0 saturated heterocycles. The smallest absolute Gasteiger partial charge is 0.322 e. The zero-order valence-corrected chi connectivity index (χ0v) is 10.7. The summed E-state index contributed by atoms with van der Waals surface area (Å²) in [6.45, 7) is 0. The van der Waals surface area contributed by atoms with Crippen LogP contribution >= 0.6 is 0 Å². The molecule has 0 saturated carbocycles. The number of methoxy groups -OCH3 is 1. The molecule has 0 unspecified atom stereocenters. The van der Waals surface area contributed by atoms with Gasteiger partial charge in [-0.2, -0.15) is 15.0 Å². The van der Waals surface area contributed by atoms with Crippen molar-refractivity contribution in [3.05, 3.63) is 36.5 Å². The highest BCUT2D eigenvalue weighted by molar-refractivity contribution is 5.91. The molecule has 7 nitrogen and oxygen atoms in total. The van der Waals surface area contributed by atoms with E-state index in [1.54, 1.807) is 6.20 Å². The number of ether oxygens (including phenoxy) is 1. The minimum Gasteiger partial charge on any atom is -0.467 e. The largest absolute Gasteiger partial charge is 0.467 e. The third kappa shape index (κ3) is 2.28. The number of nitrogen functional groups attached to an aromatic ring is 1. The molecule has 0 aliphatic carbocycles. The van der Waals surface area contributed by atoms with Gasteiger partial charge >= 0.3 is 6.01 Å². The van der Waals surface area contributed by atoms with E-state index in [9.17, 15) is 0 Å². The third-order valence-corrected chi connectivity index (χ3v) is 2.69. The van der Waals surface area contributed by atoms with Gasteiger partial charge in [0.25, 0.3) is 0 Å². The van der Waals surface area contributed by atoms with Crippen LogP contribution in [-0.2, 0) is 0 Å². The Kier molecular flexibility index (Phi) is 3.00. The Labute approximate surface area is 114 Å². The third-order valence-electron chi connectivity index (χ3n) is 2.69. The van der Waals surface area contributed by atoms with E-state index < -0.39 is 0 Å². The average molecular weight is 268 g/mol. The molecule has 0 aliphatic heterocycles. The second-order valence-corrected chi connectivity index (χ2v) is 4.01. The highest BCUT2D eigenvalue weighted by atomic mass is 16.5. The van der Waals surface area contributed by atoms with Crippen molar-refractivity contribution in [1.29, 1.82) is 0 Å². The Hall–Kier alpha value is -2.96. The van der Waals surface area contributed by atoms with E-state index in [2.05, 4.69) is 25.3 Å². The SMILES string of the molecule is COc1nc(N)nc(Nc2cccc3cccnc23)n1. The van der Waals surface area contributed by atoms with Crippen LogP contribution in [0.15, 0.2) is 36.5 Å². The molecule has 3 N–H and O–H groups in total. The minimum absolute atomic E-state index is 0.0903. The topological polar surface area (TPSA) is 98.8 Å². The average Bonchev–Trinajstić information content (AvgIpc) is 2.47. The van der Waals surface area contributed by atoms with Gasteiger partial charge in [0.05, 0.1) is 18.3 Å². The summed E-state index contributed by atoms with van der Waals surface area (Å²) in [6, 6.07) is 9.82. The number of hydrogen-bond donors (Lipinski definition) is 2. The number of nitrogens with zero attached hydrogens (tertiary/aromatic N) is 4. The van der Waals surface area contributed by atoms with Gasteiger partial charge in [-0.25, -0.2) is 0 Å². The first-order valence-corrected chi connectivity index (χ1v) is 5.92. The summed E-state index contributed by atoms with van der Waals surface area (Å²) in [4.78, 5) is 16.3. The molecule has 100 valence electrons. The van der Waals surface area contributed by atoms with E-state index in [0.29, 0.717) is 5.95 Å². The van der Waals surface area contributed by atoms with Crippen LogP contribution < -0.4 is 15.8 Å². The standard InChI is InChI=1S/C13H12N6O/c1-20-13-18-11(14)17-12(19-13)16-9-6-2-4-8-5-3-7-15-10(8)9/h2-7H,1H3,(H3,14,16,17,18,19). The van der Waals surface area contributed by atoms with Crippen molar-refractivity contribution in [2.75, 3.05) is 18.2 Å². The van der Waals surface area contributed by atoms with Crippen LogP contribution in [0.1, 0.15) is 0 Å². The van der Waals surface area contributed by atoms with Crippen molar-refractivity contribution in [2.45, 2.75) is 0 Å². The van der Waals surface area contributed by atoms with E-state index in [-0.39, 0.29) is 12.0 Å². The fourth-order valence-electron chi connectivity index (χ4n) is 1.84. The van der Waals surface area contributed by atoms with Crippen LogP contribution in [0.25, 0.3) is 10.9 Å². The number of aromatic nitrogens is 4. The number of rotatable bonds is 3. The molecule has 0 fully saturated rings. The van der Waals surface area contributed by atoms with E-state index in [0.717, 1.165) is 16.6 Å². The van der Waals surface area contributed by atoms with Crippen molar-refractivity contribution in [1.82, 2.24) is 19.9 Å². The lowest BCUT2D eigenvalue weighted by Gasteiger charge is -2.08. The normalized spacial score (nSPS) is 10.4. The lowest BCUT2D eigenvalue weighted by atomic mass is 10.2. The summed E-state index contributed by atoms with van der Waals surface area (Å²) in [5, 5.41) is 4.10. The maximum atomic E-state index is 5.60. The number of hydrogen-bond acceptors (Lipinski definition) is 7. The van der Waals surface area contributed by atoms with Gasteiger partial charge in [-0.1, -0.05) is 18.2 Å². The van der Waals surface area contributed by atoms with Crippen LogP contribution in [-0.4, -0.2) is 27.0 Å². The Morgan fingerprint density at radius 3 is 2.80 bits per heavy atom. The number of anilines is 3. The monoisotopic (exact) mass is 268 g/mol. The number of nitrogens with one attached hydrogen (secondary N) is 1. The molecule has 0 amide bonds. The molecule has 3 aromatic rings. The summed E-state index contributed by atoms with van der Waals surface area (Å²) in [7, 11) is 1.47. The summed E-state index contributed by atoms with van der Waals surface area (Å²) < 4.78 is 4.96. The van der Waals surface area contributed by atoms with Crippen LogP contribution in [0, 0.1) is 0 Å². The van der Waals surface area contributed by atoms with Crippen molar-refractivity contribution in [2.24, 2.45) is 0 Å². The predicted molar refractivity (Wildman–Crippen MR) is 75.8 cm³/mol. The zero-order valence-electron chi connectivity index (χ0n) is 10.7. The minimum atomic E-state index is 0.0903. The molecule has 0 radical (unpaired) electrons. The van der Waals surface area contributed by atoms with E-state index in [1.165, 1.54) is 7.11 Å². The second kappa shape index (κ2) is 4.96. The predicted octanol–water partition coefficient (Wildman–Crippen LogP) is 1.75. The van der Waals surface area contributed by atoms with E-state index >= 15 is 0 Å². The lowest BCUT2D eigenvalue weighted by molar-refractivity contribution is 0.380. The zero-order chi connectivity index (χ0) is 13.9. The molecule has 1 aromatic carbocycles. The Morgan fingerprint density at radius 1 is 1.10 bits per heavy atom. The lowest BCUT2D eigenvalue weighted by Crippen LogP contribution is -2.05. The Balaban J connectivity index is 2.03. The molecule has 0 atom stereocenters. The van der Waals surface area contributed by atoms with Crippen molar-refractivity contribution in [3.8, 4) is 6.01 Å². The summed E-state index contributed by atoms with van der Waals surface area (Å²) in [5.41, 5.74) is 7.22. The number of nitrogens with two attached hydrogens (primary N) is 1. The van der Waals surface area contributed by atoms with Crippen molar-refractivity contribution < 1.29 is 4.74 Å². The van der Waals surface area contributed by atoms with Crippen LogP contribution in [0.4, 0.5) is 17.6 Å². The Morgan fingerprint density at radius 2 is 1.95 bits per heavy atom. The fraction of sp³-hybridized carbons (Fsp3) is 0.0769. The van der Waals surface area contributed by atoms with Crippen molar-refractivity contribution >= 4 is 28.5 Å². The first-order chi connectivity index (χ1) is 9.76. The maximum absolute atomic E-state index is 5.60. The molecule has 2 aromatic heterocycles. The number of pyridine rings is 1. The number of fused-ring (bicyclic) bond motifs is 1. The van der Waals surface area contributed by atoms with Gasteiger partial charge in [-0.15, -0.1) is 0 Å². The molecule has 0 aliphatic rings. The van der Waals surface area contributed by atoms with Crippen molar-refractivity contribution in [3.63, 3.8) is 0 Å². The Bertz CT molecular complexity index is 755. The first-order valence-electron chi connectivity index (χ1n) is 5.92. The van der Waals surface area contributed by atoms with Crippen LogP contribution in [0.5, 0.6) is 6.01 Å². The van der Waals surface area contributed by atoms with Crippen LogP contribution in [0.2, 0.25) is 0 Å². The quantitative estimate of drug-likeness (QED) is 0.746. The fourth-order valence-corrected chi connectivity index (χ4v) is 1.84. The van der Waals surface area contributed by atoms with Gasteiger partial charge in [0.2, 0.25) is 11.9 Å². The van der Waals surface area contributed by atoms with Gasteiger partial charge in [0.1, 0.15) is 0 Å². The first kappa shape index (κ1) is 12.1. The number of benzene rings is 1. The molecule has 7 heteroatoms. The molecular weight excluding hydrogens is 256 g/mol. The van der Waals surface area contributed by atoms with E-state index in [4.69, 9.17) is 10.5 Å². The summed E-state index contributed by atoms with van der Waals surface area (Å²) in [5.74, 6) is 0.403. The molecule has 20 heavy (non-hydrogen) atoms. The second-order valence-electron chi connectivity index (χ2n) is 4.01.